The molecule has 0 fully saturated rings. The Labute approximate surface area is 113 Å². The van der Waals surface area contributed by atoms with Crippen LogP contribution < -0.4 is 10.5 Å². The van der Waals surface area contributed by atoms with E-state index in [-0.39, 0.29) is 5.82 Å². The lowest BCUT2D eigenvalue weighted by Gasteiger charge is -2.08. The average Bonchev–Trinajstić information content (AvgIpc) is 2.61. The predicted molar refractivity (Wildman–Crippen MR) is 71.2 cm³/mol. The van der Waals surface area contributed by atoms with Crippen molar-refractivity contribution in [1.29, 1.82) is 0 Å². The highest BCUT2D eigenvalue weighted by Gasteiger charge is 2.14. The van der Waals surface area contributed by atoms with Gasteiger partial charge in [-0.2, -0.15) is 5.10 Å². The van der Waals surface area contributed by atoms with Crippen molar-refractivity contribution in [3.05, 3.63) is 34.2 Å². The third-order valence-corrected chi connectivity index (χ3v) is 3.17. The lowest BCUT2D eigenvalue weighted by atomic mass is 10.3. The van der Waals surface area contributed by atoms with Crippen LogP contribution in [0, 0.1) is 12.7 Å². The van der Waals surface area contributed by atoms with E-state index in [1.54, 1.807) is 23.7 Å². The Bertz CT molecular complexity index is 583. The van der Waals surface area contributed by atoms with Gasteiger partial charge in [0, 0.05) is 12.6 Å². The largest absolute Gasteiger partial charge is 0.437 e. The monoisotopic (exact) mass is 313 g/mol. The van der Waals surface area contributed by atoms with Gasteiger partial charge < -0.3 is 10.5 Å². The number of rotatable bonds is 3. The van der Waals surface area contributed by atoms with E-state index in [0.717, 1.165) is 0 Å². The molecule has 2 aromatic rings. The molecule has 1 aromatic carbocycles. The number of halogens is 2. The highest BCUT2D eigenvalue weighted by atomic mass is 79.9. The summed E-state index contributed by atoms with van der Waals surface area (Å²) in [5.41, 5.74) is 7.05. The van der Waals surface area contributed by atoms with Crippen LogP contribution in [0.1, 0.15) is 12.6 Å². The third-order valence-electron chi connectivity index (χ3n) is 2.53. The van der Waals surface area contributed by atoms with Crippen molar-refractivity contribution < 1.29 is 9.13 Å². The van der Waals surface area contributed by atoms with Gasteiger partial charge in [0.2, 0.25) is 5.88 Å². The Balaban J connectivity index is 2.36. The summed E-state index contributed by atoms with van der Waals surface area (Å²) in [6, 6.07) is 4.54. The van der Waals surface area contributed by atoms with E-state index in [9.17, 15) is 4.39 Å². The zero-order valence-electron chi connectivity index (χ0n) is 10.1. The molecule has 1 aromatic heterocycles. The van der Waals surface area contributed by atoms with Gasteiger partial charge in [-0.05, 0) is 41.9 Å². The number of nitrogens with two attached hydrogens (primary N) is 1. The second-order valence-electron chi connectivity index (χ2n) is 3.80. The summed E-state index contributed by atoms with van der Waals surface area (Å²) in [5.74, 6) is 0.444. The first kappa shape index (κ1) is 12.9. The minimum atomic E-state index is -0.384. The summed E-state index contributed by atoms with van der Waals surface area (Å²) in [5, 5.41) is 4.23. The van der Waals surface area contributed by atoms with Crippen molar-refractivity contribution in [1.82, 2.24) is 9.78 Å². The zero-order chi connectivity index (χ0) is 13.3. The SMILES string of the molecule is CCn1nc(C)c(N)c1Oc1ccc(Br)c(F)c1. The molecule has 6 heteroatoms. The molecule has 18 heavy (non-hydrogen) atoms. The van der Waals surface area contributed by atoms with Crippen molar-refractivity contribution in [3.8, 4) is 11.6 Å². The second-order valence-corrected chi connectivity index (χ2v) is 4.65. The second kappa shape index (κ2) is 4.97. The van der Waals surface area contributed by atoms with Gasteiger partial charge >= 0.3 is 0 Å². The maximum Gasteiger partial charge on any atom is 0.241 e. The summed E-state index contributed by atoms with van der Waals surface area (Å²) in [6.07, 6.45) is 0. The Hall–Kier alpha value is -1.56. The molecule has 0 bridgehead atoms. The quantitative estimate of drug-likeness (QED) is 0.943. The smallest absolute Gasteiger partial charge is 0.241 e. The van der Waals surface area contributed by atoms with Crippen molar-refractivity contribution >= 4 is 21.6 Å². The first-order valence-corrected chi connectivity index (χ1v) is 6.28. The van der Waals surface area contributed by atoms with Gasteiger partial charge in [0.1, 0.15) is 17.3 Å². The molecule has 96 valence electrons. The number of aromatic nitrogens is 2. The first-order valence-electron chi connectivity index (χ1n) is 5.48. The van der Waals surface area contributed by atoms with Gasteiger partial charge in [0.15, 0.2) is 0 Å². The van der Waals surface area contributed by atoms with E-state index in [1.807, 2.05) is 6.92 Å². The fourth-order valence-corrected chi connectivity index (χ4v) is 1.79. The van der Waals surface area contributed by atoms with Gasteiger partial charge in [-0.3, -0.25) is 0 Å². The summed E-state index contributed by atoms with van der Waals surface area (Å²) in [6.45, 7) is 4.36. The van der Waals surface area contributed by atoms with Crippen molar-refractivity contribution in [2.45, 2.75) is 20.4 Å². The molecule has 2 N–H and O–H groups in total. The van der Waals surface area contributed by atoms with Gasteiger partial charge in [-0.25, -0.2) is 9.07 Å². The number of benzene rings is 1. The Morgan fingerprint density at radius 1 is 1.50 bits per heavy atom. The van der Waals surface area contributed by atoms with Crippen LogP contribution >= 0.6 is 15.9 Å². The van der Waals surface area contributed by atoms with E-state index in [4.69, 9.17) is 10.5 Å². The molecule has 0 amide bonds. The topological polar surface area (TPSA) is 53.1 Å². The van der Waals surface area contributed by atoms with Crippen molar-refractivity contribution in [2.24, 2.45) is 0 Å². The number of hydrogen-bond acceptors (Lipinski definition) is 3. The maximum atomic E-state index is 13.4. The number of ether oxygens (including phenoxy) is 1. The highest BCUT2D eigenvalue weighted by Crippen LogP contribution is 2.31. The fraction of sp³-hybridized carbons (Fsp3) is 0.250. The minimum absolute atomic E-state index is 0.384. The van der Waals surface area contributed by atoms with E-state index in [2.05, 4.69) is 21.0 Å². The van der Waals surface area contributed by atoms with Crippen LogP contribution in [0.25, 0.3) is 0 Å². The summed E-state index contributed by atoms with van der Waals surface area (Å²) < 4.78 is 21.0. The molecule has 0 aliphatic heterocycles. The molecule has 2 rings (SSSR count). The molecule has 0 unspecified atom stereocenters. The van der Waals surface area contributed by atoms with E-state index in [1.165, 1.54) is 6.07 Å². The third kappa shape index (κ3) is 2.33. The van der Waals surface area contributed by atoms with Crippen molar-refractivity contribution in [2.75, 3.05) is 5.73 Å². The summed E-state index contributed by atoms with van der Waals surface area (Å²) in [4.78, 5) is 0. The average molecular weight is 314 g/mol. The number of anilines is 1. The minimum Gasteiger partial charge on any atom is -0.437 e. The molecule has 0 saturated heterocycles. The predicted octanol–water partition coefficient (Wildman–Crippen LogP) is 3.49. The number of nitrogen functional groups attached to an aromatic ring is 1. The Kier molecular flexibility index (Phi) is 3.56. The summed E-state index contributed by atoms with van der Waals surface area (Å²) in [7, 11) is 0. The highest BCUT2D eigenvalue weighted by molar-refractivity contribution is 9.10. The van der Waals surface area contributed by atoms with Crippen LogP contribution in [0.5, 0.6) is 11.6 Å². The van der Waals surface area contributed by atoms with E-state index >= 15 is 0 Å². The van der Waals surface area contributed by atoms with E-state index in [0.29, 0.717) is 34.0 Å². The number of hydrogen-bond donors (Lipinski definition) is 1. The molecule has 0 saturated carbocycles. The van der Waals surface area contributed by atoms with Gasteiger partial charge in [-0.1, -0.05) is 0 Å². The van der Waals surface area contributed by atoms with Crippen molar-refractivity contribution in [3.63, 3.8) is 0 Å². The standard InChI is InChI=1S/C12H13BrFN3O/c1-3-17-12(11(15)7(2)16-17)18-8-4-5-9(13)10(14)6-8/h4-6H,3,15H2,1-2H3. The molecule has 0 spiro atoms. The number of nitrogens with zero attached hydrogens (tertiary/aromatic N) is 2. The Morgan fingerprint density at radius 2 is 2.22 bits per heavy atom. The molecule has 1 heterocycles. The molecular weight excluding hydrogens is 301 g/mol. The maximum absolute atomic E-state index is 13.4. The summed E-state index contributed by atoms with van der Waals surface area (Å²) >= 11 is 3.09. The van der Waals surface area contributed by atoms with Gasteiger partial charge in [0.25, 0.3) is 0 Å². The zero-order valence-corrected chi connectivity index (χ0v) is 11.7. The Morgan fingerprint density at radius 3 is 2.83 bits per heavy atom. The van der Waals surface area contributed by atoms with Crippen LogP contribution in [0.2, 0.25) is 0 Å². The lowest BCUT2D eigenvalue weighted by Crippen LogP contribution is -2.01. The molecule has 0 aliphatic rings. The van der Waals surface area contributed by atoms with Crippen LogP contribution in [-0.4, -0.2) is 9.78 Å². The molecule has 4 nitrogen and oxygen atoms in total. The van der Waals surface area contributed by atoms with Crippen LogP contribution in [-0.2, 0) is 6.54 Å². The molecule has 0 aliphatic carbocycles. The van der Waals surface area contributed by atoms with Crippen LogP contribution in [0.3, 0.4) is 0 Å². The van der Waals surface area contributed by atoms with Gasteiger partial charge in [-0.15, -0.1) is 0 Å². The molecular formula is C12H13BrFN3O. The molecule has 0 atom stereocenters. The molecule has 0 radical (unpaired) electrons. The first-order chi connectivity index (χ1) is 8.52. The number of aryl methyl sites for hydroxylation is 2. The normalized spacial score (nSPS) is 10.7. The van der Waals surface area contributed by atoms with E-state index < -0.39 is 0 Å². The fourth-order valence-electron chi connectivity index (χ4n) is 1.55. The van der Waals surface area contributed by atoms with Crippen LogP contribution in [0.4, 0.5) is 10.1 Å². The van der Waals surface area contributed by atoms with Gasteiger partial charge in [0.05, 0.1) is 10.2 Å². The lowest BCUT2D eigenvalue weighted by molar-refractivity contribution is 0.415. The van der Waals surface area contributed by atoms with Crippen LogP contribution in [0.15, 0.2) is 22.7 Å².